The first kappa shape index (κ1) is 17.0. The zero-order valence-electron chi connectivity index (χ0n) is 12.8. The molecule has 0 bridgehead atoms. The van der Waals surface area contributed by atoms with Gasteiger partial charge in [0, 0.05) is 12.1 Å². The minimum absolute atomic E-state index is 0.490. The average molecular weight is 363 g/mol. The SMILES string of the molecule is O=[N+]([O-])c1ccc(S(=O)(=O)NC2CCc3ccccc32)c([N+](=O)[O-])c1. The van der Waals surface area contributed by atoms with E-state index in [1.54, 1.807) is 12.1 Å². The van der Waals surface area contributed by atoms with Gasteiger partial charge in [-0.25, -0.2) is 13.1 Å². The normalized spacial score (nSPS) is 16.4. The number of nitro benzene ring substituents is 2. The number of non-ortho nitro benzene ring substituents is 1. The lowest BCUT2D eigenvalue weighted by Crippen LogP contribution is -2.28. The summed E-state index contributed by atoms with van der Waals surface area (Å²) in [6.07, 6.45) is 1.24. The Labute approximate surface area is 142 Å². The molecule has 2 aromatic rings. The molecular formula is C15H13N3O6S. The van der Waals surface area contributed by atoms with Crippen LogP contribution in [0.3, 0.4) is 0 Å². The second-order valence-electron chi connectivity index (χ2n) is 5.58. The Balaban J connectivity index is 1.98. The lowest BCUT2D eigenvalue weighted by atomic mass is 10.1. The predicted octanol–water partition coefficient (Wildman–Crippen LogP) is 2.47. The number of nitro groups is 2. The first-order valence-electron chi connectivity index (χ1n) is 7.32. The van der Waals surface area contributed by atoms with E-state index in [-0.39, 0.29) is 0 Å². The minimum Gasteiger partial charge on any atom is -0.258 e. The first-order valence-corrected chi connectivity index (χ1v) is 8.81. The number of hydrogen-bond donors (Lipinski definition) is 1. The van der Waals surface area contributed by atoms with Gasteiger partial charge in [-0.05, 0) is 30.0 Å². The van der Waals surface area contributed by atoms with Crippen LogP contribution in [0, 0.1) is 20.2 Å². The van der Waals surface area contributed by atoms with Crippen molar-refractivity contribution in [2.24, 2.45) is 0 Å². The highest BCUT2D eigenvalue weighted by atomic mass is 32.2. The van der Waals surface area contributed by atoms with Crippen LogP contribution >= 0.6 is 0 Å². The lowest BCUT2D eigenvalue weighted by Gasteiger charge is -2.14. The fourth-order valence-corrected chi connectivity index (χ4v) is 4.32. The number of nitrogens with zero attached hydrogens (tertiary/aromatic N) is 2. The van der Waals surface area contributed by atoms with Crippen LogP contribution in [0.4, 0.5) is 11.4 Å². The number of benzene rings is 2. The molecule has 10 heteroatoms. The Morgan fingerprint density at radius 1 is 1.04 bits per heavy atom. The van der Waals surface area contributed by atoms with Crippen LogP contribution in [0.5, 0.6) is 0 Å². The van der Waals surface area contributed by atoms with Crippen molar-refractivity contribution in [2.45, 2.75) is 23.8 Å². The van der Waals surface area contributed by atoms with Gasteiger partial charge in [0.2, 0.25) is 10.0 Å². The van der Waals surface area contributed by atoms with Crippen LogP contribution in [-0.4, -0.2) is 18.3 Å². The molecule has 3 rings (SSSR count). The summed E-state index contributed by atoms with van der Waals surface area (Å²) in [5.41, 5.74) is 0.480. The molecule has 25 heavy (non-hydrogen) atoms. The quantitative estimate of drug-likeness (QED) is 0.641. The fraction of sp³-hybridized carbons (Fsp3) is 0.200. The van der Waals surface area contributed by atoms with Crippen molar-refractivity contribution < 1.29 is 18.3 Å². The zero-order valence-corrected chi connectivity index (χ0v) is 13.6. The van der Waals surface area contributed by atoms with Gasteiger partial charge < -0.3 is 0 Å². The molecule has 0 spiro atoms. The standard InChI is InChI=1S/C15H13N3O6S/c19-17(20)11-6-8-15(14(9-11)18(21)22)25(23,24)16-13-7-5-10-3-1-2-4-12(10)13/h1-4,6,8-9,13,16H,5,7H2. The van der Waals surface area contributed by atoms with Gasteiger partial charge in [-0.1, -0.05) is 24.3 Å². The number of fused-ring (bicyclic) bond motifs is 1. The zero-order chi connectivity index (χ0) is 18.2. The predicted molar refractivity (Wildman–Crippen MR) is 87.6 cm³/mol. The van der Waals surface area contributed by atoms with Gasteiger partial charge in [0.05, 0.1) is 15.9 Å². The number of sulfonamides is 1. The highest BCUT2D eigenvalue weighted by molar-refractivity contribution is 7.89. The molecule has 0 fully saturated rings. The summed E-state index contributed by atoms with van der Waals surface area (Å²) in [4.78, 5) is 19.6. The summed E-state index contributed by atoms with van der Waals surface area (Å²) < 4.78 is 27.7. The Bertz CT molecular complexity index is 973. The Hall–Kier alpha value is -2.85. The molecule has 9 nitrogen and oxygen atoms in total. The van der Waals surface area contributed by atoms with Crippen LogP contribution in [0.2, 0.25) is 0 Å². The second kappa shape index (κ2) is 6.22. The fourth-order valence-electron chi connectivity index (χ4n) is 2.92. The molecule has 130 valence electrons. The van der Waals surface area contributed by atoms with Gasteiger partial charge in [0.15, 0.2) is 4.90 Å². The van der Waals surface area contributed by atoms with Gasteiger partial charge >= 0.3 is 0 Å². The number of rotatable bonds is 5. The molecule has 0 aliphatic heterocycles. The molecule has 2 aromatic carbocycles. The molecule has 1 atom stereocenters. The maximum atomic E-state index is 12.6. The van der Waals surface area contributed by atoms with E-state index < -0.39 is 42.2 Å². The summed E-state index contributed by atoms with van der Waals surface area (Å²) in [5, 5.41) is 21.9. The van der Waals surface area contributed by atoms with Gasteiger partial charge in [-0.2, -0.15) is 0 Å². The average Bonchev–Trinajstić information content (AvgIpc) is 2.96. The maximum Gasteiger partial charge on any atom is 0.296 e. The Morgan fingerprint density at radius 3 is 2.44 bits per heavy atom. The van der Waals surface area contributed by atoms with Crippen LogP contribution in [0.1, 0.15) is 23.6 Å². The first-order chi connectivity index (χ1) is 11.8. The van der Waals surface area contributed by atoms with Crippen molar-refractivity contribution in [1.82, 2.24) is 4.72 Å². The summed E-state index contributed by atoms with van der Waals surface area (Å²) in [7, 11) is -4.22. The third-order valence-corrected chi connectivity index (χ3v) is 5.59. The van der Waals surface area contributed by atoms with Gasteiger partial charge in [0.1, 0.15) is 0 Å². The van der Waals surface area contributed by atoms with Crippen molar-refractivity contribution in [2.75, 3.05) is 0 Å². The molecule has 0 saturated heterocycles. The van der Waals surface area contributed by atoms with E-state index >= 15 is 0 Å². The third kappa shape index (κ3) is 3.21. The van der Waals surface area contributed by atoms with E-state index in [0.717, 1.165) is 23.3 Å². The largest absolute Gasteiger partial charge is 0.296 e. The van der Waals surface area contributed by atoms with Gasteiger partial charge in [-0.15, -0.1) is 0 Å². The summed E-state index contributed by atoms with van der Waals surface area (Å²) >= 11 is 0. The van der Waals surface area contributed by atoms with Crippen LogP contribution in [0.15, 0.2) is 47.4 Å². The van der Waals surface area contributed by atoms with E-state index in [1.807, 2.05) is 12.1 Å². The van der Waals surface area contributed by atoms with Crippen LogP contribution < -0.4 is 4.72 Å². The van der Waals surface area contributed by atoms with Crippen molar-refractivity contribution in [1.29, 1.82) is 0 Å². The van der Waals surface area contributed by atoms with E-state index in [9.17, 15) is 28.6 Å². The highest BCUT2D eigenvalue weighted by Crippen LogP contribution is 2.34. The van der Waals surface area contributed by atoms with Crippen LogP contribution in [-0.2, 0) is 16.4 Å². The van der Waals surface area contributed by atoms with E-state index in [1.165, 1.54) is 0 Å². The molecule has 0 radical (unpaired) electrons. The molecular weight excluding hydrogens is 350 g/mol. The minimum atomic E-state index is -4.22. The monoisotopic (exact) mass is 363 g/mol. The molecule has 1 unspecified atom stereocenters. The summed E-state index contributed by atoms with van der Waals surface area (Å²) in [5.74, 6) is 0. The molecule has 1 N–H and O–H groups in total. The number of aryl methyl sites for hydroxylation is 1. The molecule has 1 aliphatic rings. The second-order valence-corrected chi connectivity index (χ2v) is 7.26. The summed E-state index contributed by atoms with van der Waals surface area (Å²) in [6.45, 7) is 0. The lowest BCUT2D eigenvalue weighted by molar-refractivity contribution is -0.396. The highest BCUT2D eigenvalue weighted by Gasteiger charge is 2.32. The van der Waals surface area contributed by atoms with Crippen molar-refractivity contribution in [3.8, 4) is 0 Å². The van der Waals surface area contributed by atoms with Crippen molar-refractivity contribution in [3.05, 3.63) is 73.8 Å². The molecule has 0 aromatic heterocycles. The van der Waals surface area contributed by atoms with Crippen LogP contribution in [0.25, 0.3) is 0 Å². The van der Waals surface area contributed by atoms with E-state index in [4.69, 9.17) is 0 Å². The topological polar surface area (TPSA) is 132 Å². The smallest absolute Gasteiger partial charge is 0.258 e. The number of hydrogen-bond acceptors (Lipinski definition) is 6. The Kier molecular flexibility index (Phi) is 4.23. The van der Waals surface area contributed by atoms with Gasteiger partial charge in [0.25, 0.3) is 11.4 Å². The number of nitrogens with one attached hydrogen (secondary N) is 1. The Morgan fingerprint density at radius 2 is 1.76 bits per heavy atom. The van der Waals surface area contributed by atoms with Gasteiger partial charge in [-0.3, -0.25) is 20.2 Å². The van der Waals surface area contributed by atoms with Crippen molar-refractivity contribution >= 4 is 21.4 Å². The molecule has 0 saturated carbocycles. The van der Waals surface area contributed by atoms with Crippen molar-refractivity contribution in [3.63, 3.8) is 0 Å². The molecule has 1 aliphatic carbocycles. The van der Waals surface area contributed by atoms with E-state index in [0.29, 0.717) is 18.9 Å². The summed E-state index contributed by atoms with van der Waals surface area (Å²) in [6, 6.07) is 9.34. The molecule has 0 amide bonds. The maximum absolute atomic E-state index is 12.6. The molecule has 0 heterocycles. The van der Waals surface area contributed by atoms with E-state index in [2.05, 4.69) is 4.72 Å². The third-order valence-electron chi connectivity index (χ3n) is 4.07.